The van der Waals surface area contributed by atoms with Crippen molar-refractivity contribution >= 4 is 11.8 Å². The van der Waals surface area contributed by atoms with Crippen LogP contribution in [-0.2, 0) is 22.5 Å². The fourth-order valence-electron chi connectivity index (χ4n) is 4.63. The summed E-state index contributed by atoms with van der Waals surface area (Å²) in [6.45, 7) is 6.92. The van der Waals surface area contributed by atoms with Crippen molar-refractivity contribution in [3.8, 4) is 11.5 Å². The summed E-state index contributed by atoms with van der Waals surface area (Å²) in [5.74, 6) is 0.446. The van der Waals surface area contributed by atoms with Crippen LogP contribution in [0.3, 0.4) is 0 Å². The number of carbonyl (C=O) groups excluding carboxylic acids is 2. The second kappa shape index (κ2) is 11.3. The third-order valence-electron chi connectivity index (χ3n) is 6.47. The van der Waals surface area contributed by atoms with Gasteiger partial charge in [0.25, 0.3) is 0 Å². The fraction of sp³-hybridized carbons (Fsp3) is 0.481. The van der Waals surface area contributed by atoms with E-state index in [0.717, 1.165) is 38.0 Å². The molecule has 1 unspecified atom stereocenters. The highest BCUT2D eigenvalue weighted by Gasteiger charge is 2.52. The van der Waals surface area contributed by atoms with Gasteiger partial charge in [0.05, 0.1) is 20.8 Å². The Morgan fingerprint density at radius 3 is 2.36 bits per heavy atom. The summed E-state index contributed by atoms with van der Waals surface area (Å²) in [6.07, 6.45) is 2.46. The average Bonchev–Trinajstić information content (AvgIpc) is 3.12. The molecule has 6 nitrogen and oxygen atoms in total. The summed E-state index contributed by atoms with van der Waals surface area (Å²) in [4.78, 5) is 29.0. The Balaban J connectivity index is 1.71. The monoisotopic (exact) mass is 453 g/mol. The summed E-state index contributed by atoms with van der Waals surface area (Å²) in [6, 6.07) is 13.9. The van der Waals surface area contributed by atoms with Gasteiger partial charge in [-0.3, -0.25) is 14.5 Å². The number of rotatable bonds is 12. The molecule has 0 heterocycles. The number of ether oxygens (including phenoxy) is 3. The van der Waals surface area contributed by atoms with E-state index in [1.54, 1.807) is 20.1 Å². The number of unbranched alkanes of at least 4 members (excludes halogenated alkanes) is 1. The van der Waals surface area contributed by atoms with E-state index in [-0.39, 0.29) is 12.4 Å². The molecular weight excluding hydrogens is 418 g/mol. The van der Waals surface area contributed by atoms with Gasteiger partial charge in [-0.1, -0.05) is 43.7 Å². The molecule has 1 aliphatic rings. The van der Waals surface area contributed by atoms with Crippen LogP contribution in [0, 0.1) is 5.41 Å². The van der Waals surface area contributed by atoms with Crippen molar-refractivity contribution < 1.29 is 23.8 Å². The molecule has 0 fully saturated rings. The zero-order valence-corrected chi connectivity index (χ0v) is 20.2. The van der Waals surface area contributed by atoms with Crippen LogP contribution in [0.15, 0.2) is 42.5 Å². The van der Waals surface area contributed by atoms with E-state index in [9.17, 15) is 9.59 Å². The minimum Gasteiger partial charge on any atom is -0.493 e. The van der Waals surface area contributed by atoms with Crippen molar-refractivity contribution in [3.05, 3.63) is 59.2 Å². The number of methoxy groups -OCH3 is 2. The van der Waals surface area contributed by atoms with Gasteiger partial charge in [-0.2, -0.15) is 0 Å². The first kappa shape index (κ1) is 24.8. The largest absolute Gasteiger partial charge is 0.493 e. The lowest BCUT2D eigenvalue weighted by molar-refractivity contribution is -0.152. The molecule has 0 aromatic heterocycles. The van der Waals surface area contributed by atoms with Crippen molar-refractivity contribution in [2.75, 3.05) is 33.9 Å². The van der Waals surface area contributed by atoms with E-state index in [2.05, 4.69) is 36.1 Å². The molecule has 0 saturated carbocycles. The van der Waals surface area contributed by atoms with Crippen LogP contribution in [0.25, 0.3) is 0 Å². The smallest absolute Gasteiger partial charge is 0.320 e. The Bertz CT molecular complexity index is 958. The van der Waals surface area contributed by atoms with Crippen molar-refractivity contribution in [3.63, 3.8) is 0 Å². The number of Topliss-reactive ketones (excluding diaryl/α,β-unsaturated/α-hetero) is 1. The average molecular weight is 454 g/mol. The molecule has 0 aliphatic heterocycles. The third kappa shape index (κ3) is 5.38. The Labute approximate surface area is 196 Å². The lowest BCUT2D eigenvalue weighted by Crippen LogP contribution is -2.39. The molecule has 0 N–H and O–H groups in total. The zero-order chi connectivity index (χ0) is 23.8. The van der Waals surface area contributed by atoms with Gasteiger partial charge < -0.3 is 14.2 Å². The number of nitrogens with zero attached hydrogens (tertiary/aromatic N) is 1. The lowest BCUT2D eigenvalue weighted by Gasteiger charge is -2.26. The quantitative estimate of drug-likeness (QED) is 0.264. The van der Waals surface area contributed by atoms with E-state index < -0.39 is 11.4 Å². The standard InChI is InChI=1S/C27H35NO5/c1-5-28(19-20-12-8-7-9-13-20)15-11-10-14-27(26(30)33-6-2)18-21-16-23(31-3)24(32-4)17-22(21)25(27)29/h7-9,12-13,16-17H,5-6,10-11,14-15,18-19H2,1-4H3. The first-order valence-electron chi connectivity index (χ1n) is 11.7. The molecule has 0 saturated heterocycles. The minimum absolute atomic E-state index is 0.173. The van der Waals surface area contributed by atoms with Crippen molar-refractivity contribution in [1.82, 2.24) is 4.90 Å². The Morgan fingerprint density at radius 2 is 1.73 bits per heavy atom. The Hall–Kier alpha value is -2.86. The zero-order valence-electron chi connectivity index (χ0n) is 20.2. The number of hydrogen-bond donors (Lipinski definition) is 0. The predicted octanol–water partition coefficient (Wildman–Crippen LogP) is 4.68. The van der Waals surface area contributed by atoms with Gasteiger partial charge in [-0.15, -0.1) is 0 Å². The van der Waals surface area contributed by atoms with Crippen LogP contribution in [0.2, 0.25) is 0 Å². The number of esters is 1. The fourth-order valence-corrected chi connectivity index (χ4v) is 4.63. The second-order valence-corrected chi connectivity index (χ2v) is 8.48. The SMILES string of the molecule is CCOC(=O)C1(CCCCN(CC)Cc2ccccc2)Cc2cc(OC)c(OC)cc2C1=O. The third-order valence-corrected chi connectivity index (χ3v) is 6.47. The summed E-state index contributed by atoms with van der Waals surface area (Å²) in [5, 5.41) is 0. The molecule has 1 atom stereocenters. The Kier molecular flexibility index (Phi) is 8.50. The molecular formula is C27H35NO5. The lowest BCUT2D eigenvalue weighted by atomic mass is 9.79. The summed E-state index contributed by atoms with van der Waals surface area (Å²) in [5.41, 5.74) is 1.45. The van der Waals surface area contributed by atoms with Crippen LogP contribution in [0.4, 0.5) is 0 Å². The van der Waals surface area contributed by atoms with E-state index >= 15 is 0 Å². The summed E-state index contributed by atoms with van der Waals surface area (Å²) >= 11 is 0. The normalized spacial score (nSPS) is 17.2. The predicted molar refractivity (Wildman–Crippen MR) is 128 cm³/mol. The number of hydrogen-bond acceptors (Lipinski definition) is 6. The van der Waals surface area contributed by atoms with Crippen LogP contribution < -0.4 is 9.47 Å². The minimum atomic E-state index is -1.17. The van der Waals surface area contributed by atoms with Gasteiger partial charge in [-0.05, 0) is 62.5 Å². The molecule has 6 heteroatoms. The van der Waals surface area contributed by atoms with Gasteiger partial charge in [0.1, 0.15) is 5.41 Å². The van der Waals surface area contributed by atoms with Gasteiger partial charge in [0, 0.05) is 12.1 Å². The van der Waals surface area contributed by atoms with Gasteiger partial charge in [0.2, 0.25) is 0 Å². The molecule has 1 aliphatic carbocycles. The maximum Gasteiger partial charge on any atom is 0.320 e. The van der Waals surface area contributed by atoms with Crippen LogP contribution in [0.1, 0.15) is 54.6 Å². The highest BCUT2D eigenvalue weighted by molar-refractivity contribution is 6.16. The number of ketones is 1. The van der Waals surface area contributed by atoms with E-state index in [1.807, 2.05) is 12.1 Å². The molecule has 2 aromatic rings. The molecule has 0 radical (unpaired) electrons. The highest BCUT2D eigenvalue weighted by atomic mass is 16.5. The van der Waals surface area contributed by atoms with E-state index in [4.69, 9.17) is 14.2 Å². The first-order chi connectivity index (χ1) is 16.0. The van der Waals surface area contributed by atoms with Crippen LogP contribution >= 0.6 is 0 Å². The maximum atomic E-state index is 13.5. The number of benzene rings is 2. The second-order valence-electron chi connectivity index (χ2n) is 8.48. The van der Waals surface area contributed by atoms with Crippen molar-refractivity contribution in [2.24, 2.45) is 5.41 Å². The summed E-state index contributed by atoms with van der Waals surface area (Å²) < 4.78 is 16.2. The highest BCUT2D eigenvalue weighted by Crippen LogP contribution is 2.45. The molecule has 3 rings (SSSR count). The number of fused-ring (bicyclic) bond motifs is 1. The van der Waals surface area contributed by atoms with E-state index in [0.29, 0.717) is 29.9 Å². The molecule has 0 spiro atoms. The Morgan fingerprint density at radius 1 is 1.03 bits per heavy atom. The summed E-state index contributed by atoms with van der Waals surface area (Å²) in [7, 11) is 3.10. The first-order valence-corrected chi connectivity index (χ1v) is 11.7. The van der Waals surface area contributed by atoms with Crippen molar-refractivity contribution in [2.45, 2.75) is 46.1 Å². The molecule has 0 amide bonds. The molecule has 2 aromatic carbocycles. The van der Waals surface area contributed by atoms with Gasteiger partial charge in [0.15, 0.2) is 17.3 Å². The molecule has 0 bridgehead atoms. The van der Waals surface area contributed by atoms with Crippen molar-refractivity contribution in [1.29, 1.82) is 0 Å². The maximum absolute atomic E-state index is 13.5. The van der Waals surface area contributed by atoms with Crippen LogP contribution in [0.5, 0.6) is 11.5 Å². The topological polar surface area (TPSA) is 65.1 Å². The molecule has 33 heavy (non-hydrogen) atoms. The number of carbonyl (C=O) groups is 2. The molecule has 178 valence electrons. The van der Waals surface area contributed by atoms with Crippen LogP contribution in [-0.4, -0.2) is 50.6 Å². The van der Waals surface area contributed by atoms with E-state index in [1.165, 1.54) is 12.7 Å². The van der Waals surface area contributed by atoms with Gasteiger partial charge >= 0.3 is 5.97 Å². The van der Waals surface area contributed by atoms with Gasteiger partial charge in [-0.25, -0.2) is 0 Å².